The topological polar surface area (TPSA) is 72.2 Å². The Morgan fingerprint density at radius 2 is 1.52 bits per heavy atom. The van der Waals surface area contributed by atoms with Crippen LogP contribution in [0.4, 0.5) is 32.0 Å². The van der Waals surface area contributed by atoms with Gasteiger partial charge in [-0.3, -0.25) is 4.72 Å². The lowest BCUT2D eigenvalue weighted by Gasteiger charge is -2.15. The lowest BCUT2D eigenvalue weighted by Crippen LogP contribution is -2.17. The third-order valence-electron chi connectivity index (χ3n) is 3.70. The molecule has 1 aromatic heterocycles. The average Bonchev–Trinajstić information content (AvgIpc) is 3.14. The zero-order valence-electron chi connectivity index (χ0n) is 14.0. The molecule has 3 aromatic rings. The van der Waals surface area contributed by atoms with E-state index in [0.29, 0.717) is 5.56 Å². The highest BCUT2D eigenvalue weighted by molar-refractivity contribution is 7.92. The Morgan fingerprint density at radius 3 is 2.03 bits per heavy atom. The van der Waals surface area contributed by atoms with Crippen LogP contribution in [0.15, 0.2) is 64.4 Å². The molecule has 0 unspecified atom stereocenters. The number of hydrogen-bond donors (Lipinski definition) is 1. The van der Waals surface area contributed by atoms with Gasteiger partial charge in [0.1, 0.15) is 0 Å². The van der Waals surface area contributed by atoms with Crippen LogP contribution >= 0.6 is 0 Å². The minimum absolute atomic E-state index is 0.0927. The van der Waals surface area contributed by atoms with E-state index in [4.69, 9.17) is 4.42 Å². The molecule has 0 radical (unpaired) electrons. The number of alkyl halides is 6. The van der Waals surface area contributed by atoms with E-state index in [2.05, 4.69) is 4.98 Å². The molecular formula is C17H10F6N2O3S. The van der Waals surface area contributed by atoms with Crippen LogP contribution in [0, 0.1) is 0 Å². The van der Waals surface area contributed by atoms with Crippen molar-refractivity contribution in [3.8, 4) is 11.3 Å². The minimum Gasteiger partial charge on any atom is -0.444 e. The van der Waals surface area contributed by atoms with Gasteiger partial charge in [0.15, 0.2) is 12.2 Å². The predicted molar refractivity (Wildman–Crippen MR) is 89.2 cm³/mol. The highest BCUT2D eigenvalue weighted by Gasteiger charge is 2.38. The molecule has 0 saturated carbocycles. The van der Waals surface area contributed by atoms with E-state index in [9.17, 15) is 34.8 Å². The number of halogens is 6. The third-order valence-corrected chi connectivity index (χ3v) is 5.06. The number of aromatic nitrogens is 1. The fraction of sp³-hybridized carbons (Fsp3) is 0.118. The van der Waals surface area contributed by atoms with Crippen LogP contribution in [0.25, 0.3) is 11.3 Å². The molecule has 2 aromatic carbocycles. The molecule has 5 nitrogen and oxygen atoms in total. The first kappa shape index (κ1) is 20.7. The van der Waals surface area contributed by atoms with Gasteiger partial charge in [-0.1, -0.05) is 12.1 Å². The molecule has 0 aliphatic rings. The van der Waals surface area contributed by atoms with Crippen LogP contribution in [-0.4, -0.2) is 13.4 Å². The third kappa shape index (κ3) is 4.70. The number of anilines is 1. The zero-order chi connectivity index (χ0) is 21.4. The highest BCUT2D eigenvalue weighted by Crippen LogP contribution is 2.37. The Balaban J connectivity index is 2.03. The van der Waals surface area contributed by atoms with E-state index in [0.717, 1.165) is 6.39 Å². The van der Waals surface area contributed by atoms with Crippen LogP contribution in [0.1, 0.15) is 11.1 Å². The molecule has 154 valence electrons. The van der Waals surface area contributed by atoms with Gasteiger partial charge in [0.2, 0.25) is 0 Å². The van der Waals surface area contributed by atoms with Crippen molar-refractivity contribution in [1.82, 2.24) is 4.98 Å². The van der Waals surface area contributed by atoms with Crippen molar-refractivity contribution in [3.63, 3.8) is 0 Å². The molecule has 3 rings (SSSR count). The quantitative estimate of drug-likeness (QED) is 0.572. The number of sulfonamides is 1. The maximum absolute atomic E-state index is 13.0. The molecule has 0 aliphatic heterocycles. The molecule has 0 saturated heterocycles. The fourth-order valence-electron chi connectivity index (χ4n) is 2.39. The maximum atomic E-state index is 13.0. The largest absolute Gasteiger partial charge is 0.444 e. The van der Waals surface area contributed by atoms with E-state index in [1.807, 2.05) is 4.72 Å². The van der Waals surface area contributed by atoms with Gasteiger partial charge in [-0.15, -0.1) is 0 Å². The van der Waals surface area contributed by atoms with Gasteiger partial charge in [-0.05, 0) is 30.3 Å². The van der Waals surface area contributed by atoms with Crippen LogP contribution in [0.5, 0.6) is 0 Å². The number of benzene rings is 2. The first-order chi connectivity index (χ1) is 13.4. The van der Waals surface area contributed by atoms with Gasteiger partial charge in [-0.25, -0.2) is 13.4 Å². The summed E-state index contributed by atoms with van der Waals surface area (Å²) in [5, 5.41) is 0. The van der Waals surface area contributed by atoms with Crippen LogP contribution in [0.2, 0.25) is 0 Å². The Hall–Kier alpha value is -3.02. The van der Waals surface area contributed by atoms with Crippen molar-refractivity contribution in [2.75, 3.05) is 4.72 Å². The minimum atomic E-state index is -5.17. The molecular weight excluding hydrogens is 426 g/mol. The Bertz CT molecular complexity index is 1090. The monoisotopic (exact) mass is 436 g/mol. The molecule has 0 bridgehead atoms. The van der Waals surface area contributed by atoms with E-state index in [-0.39, 0.29) is 29.6 Å². The van der Waals surface area contributed by atoms with Gasteiger partial charge >= 0.3 is 12.4 Å². The van der Waals surface area contributed by atoms with Gasteiger partial charge in [0.05, 0.1) is 22.2 Å². The number of hydrogen-bond acceptors (Lipinski definition) is 4. The summed E-state index contributed by atoms with van der Waals surface area (Å²) in [6, 6.07) is 5.65. The fourth-order valence-corrected chi connectivity index (χ4v) is 3.51. The summed E-state index contributed by atoms with van der Waals surface area (Å²) in [6.45, 7) is 0. The van der Waals surface area contributed by atoms with Crippen molar-refractivity contribution < 1.29 is 39.2 Å². The molecule has 0 aliphatic carbocycles. The predicted octanol–water partition coefficient (Wildman–Crippen LogP) is 5.18. The van der Waals surface area contributed by atoms with Crippen LogP contribution in [0.3, 0.4) is 0 Å². The number of nitrogens with zero attached hydrogens (tertiary/aromatic N) is 1. The SMILES string of the molecule is O=S(=O)(Nc1cccc(-c2cnco2)c1)c1cc(C(F)(F)F)cc(C(F)(F)F)c1. The summed E-state index contributed by atoms with van der Waals surface area (Å²) in [6.07, 6.45) is -7.86. The summed E-state index contributed by atoms with van der Waals surface area (Å²) in [5.74, 6) is 0.282. The molecule has 0 spiro atoms. The summed E-state index contributed by atoms with van der Waals surface area (Å²) in [4.78, 5) is 2.52. The van der Waals surface area contributed by atoms with Crippen molar-refractivity contribution in [2.24, 2.45) is 0 Å². The standard InChI is InChI=1S/C17H10F6N2O3S/c18-16(19,20)11-5-12(17(21,22)23)7-14(6-11)29(26,27)25-13-3-1-2-10(4-13)15-8-24-9-28-15/h1-9,25H. The number of oxazole rings is 1. The number of nitrogens with one attached hydrogen (secondary N) is 1. The second-order valence-electron chi connectivity index (χ2n) is 5.79. The summed E-state index contributed by atoms with van der Waals surface area (Å²) in [7, 11) is -4.76. The summed E-state index contributed by atoms with van der Waals surface area (Å²) in [5.41, 5.74) is -3.17. The van der Waals surface area contributed by atoms with Gasteiger partial charge < -0.3 is 4.42 Å². The first-order valence-electron chi connectivity index (χ1n) is 7.67. The lowest BCUT2D eigenvalue weighted by atomic mass is 10.1. The van der Waals surface area contributed by atoms with Crippen molar-refractivity contribution in [1.29, 1.82) is 0 Å². The second kappa shape index (κ2) is 7.10. The van der Waals surface area contributed by atoms with Crippen molar-refractivity contribution >= 4 is 15.7 Å². The van der Waals surface area contributed by atoms with Crippen molar-refractivity contribution in [3.05, 3.63) is 66.2 Å². The molecule has 29 heavy (non-hydrogen) atoms. The summed E-state index contributed by atoms with van der Waals surface area (Å²) >= 11 is 0. The number of rotatable bonds is 4. The molecule has 12 heteroatoms. The second-order valence-corrected chi connectivity index (χ2v) is 7.48. The normalized spacial score (nSPS) is 12.8. The zero-order valence-corrected chi connectivity index (χ0v) is 14.9. The highest BCUT2D eigenvalue weighted by atomic mass is 32.2. The molecule has 0 amide bonds. The summed E-state index contributed by atoms with van der Waals surface area (Å²) < 4.78 is 110. The molecule has 0 atom stereocenters. The Kier molecular flexibility index (Phi) is 5.07. The van der Waals surface area contributed by atoms with Crippen molar-refractivity contribution in [2.45, 2.75) is 17.2 Å². The Labute approximate surface area is 160 Å². The maximum Gasteiger partial charge on any atom is 0.416 e. The van der Waals surface area contributed by atoms with E-state index >= 15 is 0 Å². The Morgan fingerprint density at radius 1 is 0.897 bits per heavy atom. The van der Waals surface area contributed by atoms with E-state index in [1.165, 1.54) is 24.4 Å². The van der Waals surface area contributed by atoms with Gasteiger partial charge in [0.25, 0.3) is 10.0 Å². The van der Waals surface area contributed by atoms with Crippen LogP contribution in [-0.2, 0) is 22.4 Å². The van der Waals surface area contributed by atoms with E-state index in [1.54, 1.807) is 6.07 Å². The molecule has 0 fully saturated rings. The van der Waals surface area contributed by atoms with Crippen LogP contribution < -0.4 is 4.72 Å². The average molecular weight is 436 g/mol. The first-order valence-corrected chi connectivity index (χ1v) is 9.16. The van der Waals surface area contributed by atoms with Gasteiger partial charge in [-0.2, -0.15) is 26.3 Å². The molecule has 1 heterocycles. The smallest absolute Gasteiger partial charge is 0.416 e. The molecule has 1 N–H and O–H groups in total. The van der Waals surface area contributed by atoms with Gasteiger partial charge in [0, 0.05) is 11.3 Å². The lowest BCUT2D eigenvalue weighted by molar-refractivity contribution is -0.143. The van der Waals surface area contributed by atoms with E-state index < -0.39 is 38.4 Å².